The number of rotatable bonds is 5. The average molecular weight is 430 g/mol. The molecule has 168 valence electrons. The molecule has 4 rings (SSSR count). The van der Waals surface area contributed by atoms with Gasteiger partial charge in [-0.1, -0.05) is 19.8 Å². The molecule has 1 saturated carbocycles. The molecule has 2 saturated heterocycles. The molecule has 1 spiro atoms. The lowest BCUT2D eigenvalue weighted by atomic mass is 9.73. The maximum Gasteiger partial charge on any atom is 0.325 e. The Morgan fingerprint density at radius 1 is 1.16 bits per heavy atom. The lowest BCUT2D eigenvalue weighted by molar-refractivity contribution is -0.141. The van der Waals surface area contributed by atoms with Crippen LogP contribution >= 0.6 is 0 Å². The average Bonchev–Trinajstić information content (AvgIpc) is 3.35. The van der Waals surface area contributed by atoms with E-state index in [2.05, 4.69) is 5.32 Å². The summed E-state index contributed by atoms with van der Waals surface area (Å²) in [5, 5.41) is 2.92. The number of carbonyl (C=O) groups is 3. The Labute approximate surface area is 182 Å². The Kier molecular flexibility index (Phi) is 5.81. The third-order valence-electron chi connectivity index (χ3n) is 7.16. The molecule has 31 heavy (non-hydrogen) atoms. The van der Waals surface area contributed by atoms with Gasteiger partial charge < -0.3 is 19.7 Å². The number of imide groups is 1. The highest BCUT2D eigenvalue weighted by Crippen LogP contribution is 2.40. The molecule has 4 amide bonds. The molecule has 3 aliphatic rings. The van der Waals surface area contributed by atoms with Crippen LogP contribution in [-0.2, 0) is 9.59 Å². The van der Waals surface area contributed by atoms with E-state index in [0.717, 1.165) is 42.6 Å². The Bertz CT molecular complexity index is 888. The van der Waals surface area contributed by atoms with Gasteiger partial charge in [0.2, 0.25) is 5.91 Å². The van der Waals surface area contributed by atoms with Crippen molar-refractivity contribution in [2.45, 2.75) is 57.0 Å². The van der Waals surface area contributed by atoms with Gasteiger partial charge in [0.15, 0.2) is 0 Å². The van der Waals surface area contributed by atoms with E-state index in [1.807, 2.05) is 25.1 Å². The van der Waals surface area contributed by atoms with Crippen LogP contribution in [0.4, 0.5) is 4.79 Å². The monoisotopic (exact) mass is 429 g/mol. The first-order valence-corrected chi connectivity index (χ1v) is 11.1. The van der Waals surface area contributed by atoms with Gasteiger partial charge in [0, 0.05) is 12.1 Å². The van der Waals surface area contributed by atoms with Gasteiger partial charge in [-0.25, -0.2) is 4.79 Å². The van der Waals surface area contributed by atoms with Crippen LogP contribution in [-0.4, -0.2) is 60.5 Å². The number of nitrogens with zero attached hydrogens (tertiary/aromatic N) is 2. The van der Waals surface area contributed by atoms with Gasteiger partial charge in [-0.15, -0.1) is 0 Å². The Morgan fingerprint density at radius 3 is 2.68 bits per heavy atom. The number of urea groups is 1. The molecule has 8 heteroatoms. The van der Waals surface area contributed by atoms with Gasteiger partial charge in [0.1, 0.15) is 23.6 Å². The van der Waals surface area contributed by atoms with Crippen molar-refractivity contribution in [1.82, 2.24) is 15.1 Å². The highest BCUT2D eigenvalue weighted by Gasteiger charge is 2.55. The van der Waals surface area contributed by atoms with Crippen LogP contribution < -0.4 is 14.8 Å². The summed E-state index contributed by atoms with van der Waals surface area (Å²) in [6.07, 6.45) is 5.13. The summed E-state index contributed by atoms with van der Waals surface area (Å²) in [4.78, 5) is 42.0. The number of nitrogens with one attached hydrogen (secondary N) is 1. The first kappa shape index (κ1) is 21.5. The summed E-state index contributed by atoms with van der Waals surface area (Å²) in [6.45, 7) is 2.35. The third-order valence-corrected chi connectivity index (χ3v) is 7.16. The zero-order chi connectivity index (χ0) is 22.2. The van der Waals surface area contributed by atoms with Crippen LogP contribution in [0.1, 0.15) is 57.1 Å². The number of carbonyl (C=O) groups excluding carboxylic acids is 3. The molecular formula is C23H31N3O5. The number of amides is 4. The molecule has 0 unspecified atom stereocenters. The molecule has 0 aromatic heterocycles. The number of methoxy groups -OCH3 is 2. The second-order valence-electron chi connectivity index (χ2n) is 8.79. The molecule has 3 atom stereocenters. The summed E-state index contributed by atoms with van der Waals surface area (Å²) in [5.41, 5.74) is 0.0260. The topological polar surface area (TPSA) is 88.2 Å². The van der Waals surface area contributed by atoms with Crippen molar-refractivity contribution in [3.8, 4) is 11.5 Å². The van der Waals surface area contributed by atoms with Crippen LogP contribution in [0.15, 0.2) is 18.2 Å². The van der Waals surface area contributed by atoms with Gasteiger partial charge >= 0.3 is 6.03 Å². The molecule has 2 aliphatic heterocycles. The van der Waals surface area contributed by atoms with E-state index >= 15 is 0 Å². The van der Waals surface area contributed by atoms with Crippen LogP contribution in [0.5, 0.6) is 11.5 Å². The molecule has 1 aromatic rings. The van der Waals surface area contributed by atoms with Crippen molar-refractivity contribution in [1.29, 1.82) is 0 Å². The standard InChI is InChI=1S/C23H31N3O5/c1-15-7-4-5-11-23(15)21(28)26(22(29)24-23)14-20(27)25-12-6-8-18(25)17-13-16(30-2)9-10-19(17)31-3/h9-10,13,15,18H,4-8,11-12,14H2,1-3H3,(H,24,29)/t15-,18-,23+/m0/s1. The van der Waals surface area contributed by atoms with Crippen molar-refractivity contribution < 1.29 is 23.9 Å². The number of benzene rings is 1. The maximum atomic E-state index is 13.3. The van der Waals surface area contributed by atoms with Crippen molar-refractivity contribution in [3.63, 3.8) is 0 Å². The number of likely N-dealkylation sites (tertiary alicyclic amines) is 1. The van der Waals surface area contributed by atoms with Gasteiger partial charge in [-0.3, -0.25) is 14.5 Å². The number of hydrogen-bond donors (Lipinski definition) is 1. The molecule has 0 bridgehead atoms. The predicted molar refractivity (Wildman–Crippen MR) is 114 cm³/mol. The minimum atomic E-state index is -0.851. The minimum Gasteiger partial charge on any atom is -0.497 e. The van der Waals surface area contributed by atoms with Crippen LogP contribution in [0.2, 0.25) is 0 Å². The normalized spacial score (nSPS) is 28.2. The quantitative estimate of drug-likeness (QED) is 0.727. The molecule has 1 N–H and O–H groups in total. The lowest BCUT2D eigenvalue weighted by Crippen LogP contribution is -2.54. The molecular weight excluding hydrogens is 398 g/mol. The lowest BCUT2D eigenvalue weighted by Gasteiger charge is -2.37. The predicted octanol–water partition coefficient (Wildman–Crippen LogP) is 2.87. The third kappa shape index (κ3) is 3.62. The van der Waals surface area contributed by atoms with E-state index in [0.29, 0.717) is 24.5 Å². The van der Waals surface area contributed by atoms with E-state index in [4.69, 9.17) is 9.47 Å². The summed E-state index contributed by atoms with van der Waals surface area (Å²) in [7, 11) is 3.20. The van der Waals surface area contributed by atoms with Gasteiger partial charge in [-0.05, 0) is 49.8 Å². The van der Waals surface area contributed by atoms with Crippen LogP contribution in [0.3, 0.4) is 0 Å². The zero-order valence-electron chi connectivity index (χ0n) is 18.5. The molecule has 8 nitrogen and oxygen atoms in total. The van der Waals surface area contributed by atoms with Crippen molar-refractivity contribution in [2.24, 2.45) is 5.92 Å². The van der Waals surface area contributed by atoms with Crippen LogP contribution in [0, 0.1) is 5.92 Å². The van der Waals surface area contributed by atoms with E-state index in [9.17, 15) is 14.4 Å². The molecule has 2 heterocycles. The second-order valence-corrected chi connectivity index (χ2v) is 8.79. The molecule has 3 fully saturated rings. The number of ether oxygens (including phenoxy) is 2. The minimum absolute atomic E-state index is 0.0679. The fourth-order valence-electron chi connectivity index (χ4n) is 5.35. The maximum absolute atomic E-state index is 13.3. The SMILES string of the molecule is COc1ccc(OC)c([C@@H]2CCCN2C(=O)CN2C(=O)N[C@@]3(CCCC[C@@H]3C)C2=O)c1. The Hall–Kier alpha value is -2.77. The van der Waals surface area contributed by atoms with Crippen molar-refractivity contribution in [2.75, 3.05) is 27.3 Å². The highest BCUT2D eigenvalue weighted by molar-refractivity contribution is 6.09. The summed E-state index contributed by atoms with van der Waals surface area (Å²) in [6, 6.07) is 4.91. The Morgan fingerprint density at radius 2 is 1.97 bits per heavy atom. The fourth-order valence-corrected chi connectivity index (χ4v) is 5.35. The van der Waals surface area contributed by atoms with E-state index in [1.54, 1.807) is 19.1 Å². The smallest absolute Gasteiger partial charge is 0.325 e. The first-order valence-electron chi connectivity index (χ1n) is 11.1. The largest absolute Gasteiger partial charge is 0.497 e. The van der Waals surface area contributed by atoms with Crippen molar-refractivity contribution >= 4 is 17.8 Å². The van der Waals surface area contributed by atoms with E-state index in [1.165, 1.54) is 0 Å². The fraction of sp³-hybridized carbons (Fsp3) is 0.609. The van der Waals surface area contributed by atoms with Gasteiger partial charge in [-0.2, -0.15) is 0 Å². The second kappa shape index (κ2) is 8.40. The molecule has 0 radical (unpaired) electrons. The molecule has 1 aliphatic carbocycles. The van der Waals surface area contributed by atoms with Crippen molar-refractivity contribution in [3.05, 3.63) is 23.8 Å². The Balaban J connectivity index is 1.53. The van der Waals surface area contributed by atoms with Gasteiger partial charge in [0.25, 0.3) is 5.91 Å². The summed E-state index contributed by atoms with van der Waals surface area (Å²) >= 11 is 0. The van der Waals surface area contributed by atoms with Crippen LogP contribution in [0.25, 0.3) is 0 Å². The highest BCUT2D eigenvalue weighted by atomic mass is 16.5. The number of hydrogen-bond acceptors (Lipinski definition) is 5. The summed E-state index contributed by atoms with van der Waals surface area (Å²) < 4.78 is 10.9. The zero-order valence-corrected chi connectivity index (χ0v) is 18.5. The first-order chi connectivity index (χ1) is 14.9. The van der Waals surface area contributed by atoms with Gasteiger partial charge in [0.05, 0.1) is 20.3 Å². The molecule has 1 aromatic carbocycles. The van der Waals surface area contributed by atoms with E-state index in [-0.39, 0.29) is 30.3 Å². The van der Waals surface area contributed by atoms with E-state index < -0.39 is 11.6 Å². The summed E-state index contributed by atoms with van der Waals surface area (Å²) in [5.74, 6) is 0.968.